The lowest BCUT2D eigenvalue weighted by Gasteiger charge is -2.20. The van der Waals surface area contributed by atoms with E-state index in [-0.39, 0.29) is 11.5 Å². The van der Waals surface area contributed by atoms with Crippen LogP contribution in [0.2, 0.25) is 0 Å². The van der Waals surface area contributed by atoms with Crippen molar-refractivity contribution in [2.45, 2.75) is 65.3 Å². The van der Waals surface area contributed by atoms with E-state index >= 15 is 0 Å². The van der Waals surface area contributed by atoms with Crippen LogP contribution in [0.4, 0.5) is 0 Å². The second-order valence-corrected chi connectivity index (χ2v) is 9.22. The molecule has 0 saturated carbocycles. The summed E-state index contributed by atoms with van der Waals surface area (Å²) < 4.78 is 3.13. The first kappa shape index (κ1) is 24.1. The Morgan fingerprint density at radius 1 is 1.06 bits per heavy atom. The van der Waals surface area contributed by atoms with Crippen LogP contribution in [0.5, 0.6) is 0 Å². The number of carbonyl (C=O) groups is 1. The van der Waals surface area contributed by atoms with Gasteiger partial charge in [-0.15, -0.1) is 0 Å². The number of aromatic nitrogens is 4. The smallest absolute Gasteiger partial charge is 0.278 e. The number of amides is 1. The average molecular weight is 465 g/mol. The zero-order valence-corrected chi connectivity index (χ0v) is 20.6. The number of nitrogens with one attached hydrogen (secondary N) is 1. The van der Waals surface area contributed by atoms with Crippen molar-refractivity contribution in [3.8, 4) is 5.69 Å². The van der Waals surface area contributed by atoms with E-state index in [0.717, 1.165) is 37.4 Å². The number of hydrogen-bond donors (Lipinski definition) is 1. The molecule has 8 heteroatoms. The number of aryl methyl sites for hydroxylation is 2. The van der Waals surface area contributed by atoms with Gasteiger partial charge in [-0.25, -0.2) is 9.36 Å². The highest BCUT2D eigenvalue weighted by Gasteiger charge is 2.25. The van der Waals surface area contributed by atoms with Crippen LogP contribution in [0.3, 0.4) is 0 Å². The zero-order chi connectivity index (χ0) is 24.1. The van der Waals surface area contributed by atoms with Crippen molar-refractivity contribution in [2.24, 2.45) is 0 Å². The molecule has 3 aromatic rings. The molecule has 1 amide bonds. The third-order valence-corrected chi connectivity index (χ3v) is 6.77. The number of hydrogen-bond acceptors (Lipinski definition) is 5. The molecule has 0 aliphatic carbocycles. The predicted molar refractivity (Wildman–Crippen MR) is 134 cm³/mol. The molecule has 34 heavy (non-hydrogen) atoms. The number of carbonyl (C=O) groups excluding carboxylic acids is 1. The Labute approximate surface area is 200 Å². The molecule has 8 nitrogen and oxygen atoms in total. The van der Waals surface area contributed by atoms with E-state index in [1.165, 1.54) is 30.4 Å². The Bertz CT molecular complexity index is 1180. The zero-order valence-electron chi connectivity index (χ0n) is 20.6. The highest BCUT2D eigenvalue weighted by Crippen LogP contribution is 2.21. The minimum atomic E-state index is -0.645. The van der Waals surface area contributed by atoms with Gasteiger partial charge >= 0.3 is 0 Å². The second kappa shape index (κ2) is 11.0. The van der Waals surface area contributed by atoms with E-state index in [9.17, 15) is 9.59 Å². The second-order valence-electron chi connectivity index (χ2n) is 9.22. The molecule has 3 heterocycles. The van der Waals surface area contributed by atoms with Crippen LogP contribution in [0.1, 0.15) is 62.9 Å². The minimum absolute atomic E-state index is 0.153. The molecule has 1 aliphatic heterocycles. The molecule has 1 atom stereocenters. The van der Waals surface area contributed by atoms with Crippen LogP contribution in [0, 0.1) is 13.8 Å². The Morgan fingerprint density at radius 3 is 2.44 bits per heavy atom. The molecule has 0 bridgehead atoms. The van der Waals surface area contributed by atoms with Crippen LogP contribution in [-0.4, -0.2) is 56.5 Å². The van der Waals surface area contributed by atoms with Crippen molar-refractivity contribution < 1.29 is 4.79 Å². The van der Waals surface area contributed by atoms with Crippen LogP contribution in [0.25, 0.3) is 16.6 Å². The molecule has 1 saturated heterocycles. The SMILES string of the molecule is CC[C@@H](C(=O)NCCCN1CCCCCC1)n1nc(C)c2nn(-c3ccccc3)c(C)c2c1=O. The number of benzene rings is 1. The highest BCUT2D eigenvalue weighted by molar-refractivity contribution is 5.84. The van der Waals surface area contributed by atoms with Gasteiger partial charge in [-0.2, -0.15) is 10.2 Å². The van der Waals surface area contributed by atoms with Crippen molar-refractivity contribution in [1.82, 2.24) is 29.8 Å². The van der Waals surface area contributed by atoms with Crippen molar-refractivity contribution in [1.29, 1.82) is 0 Å². The monoisotopic (exact) mass is 464 g/mol. The van der Waals surface area contributed by atoms with E-state index in [0.29, 0.717) is 29.6 Å². The number of rotatable bonds is 8. The normalized spacial score (nSPS) is 15.9. The van der Waals surface area contributed by atoms with Gasteiger partial charge < -0.3 is 10.2 Å². The predicted octanol–water partition coefficient (Wildman–Crippen LogP) is 3.53. The molecule has 2 aromatic heterocycles. The number of fused-ring (bicyclic) bond motifs is 1. The van der Waals surface area contributed by atoms with E-state index in [1.54, 1.807) is 4.68 Å². The summed E-state index contributed by atoms with van der Waals surface area (Å²) in [6, 6.07) is 9.08. The van der Waals surface area contributed by atoms with Gasteiger partial charge in [0.1, 0.15) is 11.6 Å². The third-order valence-electron chi connectivity index (χ3n) is 6.77. The molecule has 1 aliphatic rings. The Morgan fingerprint density at radius 2 is 1.76 bits per heavy atom. The Hall–Kier alpha value is -3.00. The van der Waals surface area contributed by atoms with Crippen LogP contribution in [-0.2, 0) is 4.79 Å². The Balaban J connectivity index is 1.51. The van der Waals surface area contributed by atoms with Crippen molar-refractivity contribution in [2.75, 3.05) is 26.2 Å². The summed E-state index contributed by atoms with van der Waals surface area (Å²) in [4.78, 5) is 29.0. The summed E-state index contributed by atoms with van der Waals surface area (Å²) in [6.07, 6.45) is 6.57. The van der Waals surface area contributed by atoms with E-state index in [1.807, 2.05) is 51.1 Å². The van der Waals surface area contributed by atoms with Crippen LogP contribution in [0.15, 0.2) is 35.1 Å². The quantitative estimate of drug-likeness (QED) is 0.516. The minimum Gasteiger partial charge on any atom is -0.354 e. The van der Waals surface area contributed by atoms with Crippen LogP contribution >= 0.6 is 0 Å². The van der Waals surface area contributed by atoms with Gasteiger partial charge in [0.25, 0.3) is 5.56 Å². The van der Waals surface area contributed by atoms with Crippen molar-refractivity contribution in [3.63, 3.8) is 0 Å². The number of nitrogens with zero attached hydrogens (tertiary/aromatic N) is 5. The molecule has 1 N–H and O–H groups in total. The summed E-state index contributed by atoms with van der Waals surface area (Å²) in [6.45, 7) is 9.55. The molecular formula is C26H36N6O2. The van der Waals surface area contributed by atoms with E-state index < -0.39 is 6.04 Å². The molecule has 1 aromatic carbocycles. The standard InChI is InChI=1S/C26H36N6O2/c1-4-22(25(33)27-15-12-18-30-16-10-5-6-11-17-30)32-26(34)23-20(3)31(21-13-8-7-9-14-21)29-24(23)19(2)28-32/h7-9,13-14,22H,4-6,10-12,15-18H2,1-3H3,(H,27,33)/t22-/m0/s1. The van der Waals surface area contributed by atoms with Crippen LogP contribution < -0.4 is 10.9 Å². The molecule has 4 rings (SSSR count). The van der Waals surface area contributed by atoms with Gasteiger partial charge in [-0.05, 0) is 71.3 Å². The van der Waals surface area contributed by atoms with Gasteiger partial charge in [0.15, 0.2) is 0 Å². The van der Waals surface area contributed by atoms with Gasteiger partial charge in [-0.3, -0.25) is 9.59 Å². The van der Waals surface area contributed by atoms with Crippen molar-refractivity contribution in [3.05, 3.63) is 52.1 Å². The lowest BCUT2D eigenvalue weighted by molar-refractivity contribution is -0.124. The molecule has 0 spiro atoms. The maximum Gasteiger partial charge on any atom is 0.278 e. The first-order valence-corrected chi connectivity index (χ1v) is 12.6. The maximum absolute atomic E-state index is 13.5. The van der Waals surface area contributed by atoms with Gasteiger partial charge in [0.05, 0.1) is 22.5 Å². The summed E-state index contributed by atoms with van der Waals surface area (Å²) in [5.74, 6) is -0.153. The van der Waals surface area contributed by atoms with Gasteiger partial charge in [0, 0.05) is 6.54 Å². The topological polar surface area (TPSA) is 85.1 Å². The fourth-order valence-corrected chi connectivity index (χ4v) is 4.87. The fraction of sp³-hybridized carbons (Fsp3) is 0.538. The van der Waals surface area contributed by atoms with Gasteiger partial charge in [0.2, 0.25) is 5.91 Å². The van der Waals surface area contributed by atoms with Crippen molar-refractivity contribution >= 4 is 16.8 Å². The molecular weight excluding hydrogens is 428 g/mol. The maximum atomic E-state index is 13.5. The third kappa shape index (κ3) is 5.06. The molecule has 1 fully saturated rings. The summed E-state index contributed by atoms with van der Waals surface area (Å²) in [5.41, 5.74) is 2.58. The summed E-state index contributed by atoms with van der Waals surface area (Å²) in [7, 11) is 0. The lowest BCUT2D eigenvalue weighted by Crippen LogP contribution is -2.39. The lowest BCUT2D eigenvalue weighted by atomic mass is 10.2. The fourth-order valence-electron chi connectivity index (χ4n) is 4.87. The highest BCUT2D eigenvalue weighted by atomic mass is 16.2. The first-order valence-electron chi connectivity index (χ1n) is 12.6. The largest absolute Gasteiger partial charge is 0.354 e. The summed E-state index contributed by atoms with van der Waals surface area (Å²) >= 11 is 0. The van der Waals surface area contributed by atoms with Gasteiger partial charge in [-0.1, -0.05) is 38.0 Å². The Kier molecular flexibility index (Phi) is 7.77. The molecule has 182 valence electrons. The molecule has 0 unspecified atom stereocenters. The summed E-state index contributed by atoms with van der Waals surface area (Å²) in [5, 5.41) is 12.7. The van der Waals surface area contributed by atoms with E-state index in [2.05, 4.69) is 20.4 Å². The first-order chi connectivity index (χ1) is 16.5. The molecule has 0 radical (unpaired) electrons. The number of likely N-dealkylation sites (tertiary alicyclic amines) is 1. The number of para-hydroxylation sites is 1. The average Bonchev–Trinajstić information content (AvgIpc) is 3.01. The van der Waals surface area contributed by atoms with E-state index in [4.69, 9.17) is 0 Å².